The second-order valence-electron chi connectivity index (χ2n) is 5.94. The number of rotatable bonds is 4. The average Bonchev–Trinajstić information content (AvgIpc) is 2.94. The van der Waals surface area contributed by atoms with E-state index in [1.54, 1.807) is 26.0 Å². The van der Waals surface area contributed by atoms with Crippen LogP contribution in [0.5, 0.6) is 0 Å². The summed E-state index contributed by atoms with van der Waals surface area (Å²) in [5.41, 5.74) is 3.84. The van der Waals surface area contributed by atoms with Crippen molar-refractivity contribution in [3.05, 3.63) is 58.6 Å². The summed E-state index contributed by atoms with van der Waals surface area (Å²) in [5.74, 6) is 1.16. The van der Waals surface area contributed by atoms with Crippen LogP contribution in [-0.2, 0) is 0 Å². The minimum absolute atomic E-state index is 0.273. The van der Waals surface area contributed by atoms with Gasteiger partial charge in [-0.25, -0.2) is 9.97 Å². The number of hydrogen-bond donors (Lipinski definition) is 2. The fourth-order valence-corrected chi connectivity index (χ4v) is 2.42. The first-order valence-electron chi connectivity index (χ1n) is 7.85. The number of carbonyl (C=O) groups excluding carboxylic acids is 1. The van der Waals surface area contributed by atoms with E-state index in [0.717, 1.165) is 16.8 Å². The van der Waals surface area contributed by atoms with Gasteiger partial charge < -0.3 is 15.2 Å². The molecule has 1 amide bonds. The Bertz CT molecular complexity index is 933. The molecule has 2 heterocycles. The Balaban J connectivity index is 1.82. The maximum absolute atomic E-state index is 12.5. The molecule has 2 N–H and O–H groups in total. The number of benzene rings is 1. The highest BCUT2D eigenvalue weighted by Crippen LogP contribution is 2.18. The van der Waals surface area contributed by atoms with Crippen molar-refractivity contribution in [2.45, 2.75) is 27.7 Å². The summed E-state index contributed by atoms with van der Waals surface area (Å²) >= 11 is 0. The van der Waals surface area contributed by atoms with Crippen LogP contribution in [-0.4, -0.2) is 21.0 Å². The fourth-order valence-electron chi connectivity index (χ4n) is 2.42. The van der Waals surface area contributed by atoms with Gasteiger partial charge in [0.2, 0.25) is 5.95 Å². The van der Waals surface area contributed by atoms with Crippen molar-refractivity contribution < 1.29 is 9.32 Å². The van der Waals surface area contributed by atoms with Gasteiger partial charge >= 0.3 is 0 Å². The lowest BCUT2D eigenvalue weighted by molar-refractivity contribution is 0.102. The van der Waals surface area contributed by atoms with Crippen molar-refractivity contribution in [1.82, 2.24) is 15.1 Å². The van der Waals surface area contributed by atoms with Gasteiger partial charge in [-0.2, -0.15) is 0 Å². The minimum Gasteiger partial charge on any atom is -0.360 e. The minimum atomic E-state index is -0.295. The highest BCUT2D eigenvalue weighted by molar-refractivity contribution is 6.03. The quantitative estimate of drug-likeness (QED) is 0.754. The van der Waals surface area contributed by atoms with Gasteiger partial charge in [-0.1, -0.05) is 22.9 Å². The van der Waals surface area contributed by atoms with E-state index in [-0.39, 0.29) is 11.6 Å². The average molecular weight is 337 g/mol. The largest absolute Gasteiger partial charge is 0.360 e. The van der Waals surface area contributed by atoms with Gasteiger partial charge in [0.25, 0.3) is 5.91 Å². The third-order valence-corrected chi connectivity index (χ3v) is 3.58. The van der Waals surface area contributed by atoms with Gasteiger partial charge in [0.1, 0.15) is 11.5 Å². The zero-order chi connectivity index (χ0) is 18.0. The number of carbonyl (C=O) groups is 1. The number of nitrogens with zero attached hydrogens (tertiary/aromatic N) is 3. The Labute approximate surface area is 145 Å². The summed E-state index contributed by atoms with van der Waals surface area (Å²) in [4.78, 5) is 21.1. The van der Waals surface area contributed by atoms with Gasteiger partial charge in [-0.3, -0.25) is 4.79 Å². The monoisotopic (exact) mass is 337 g/mol. The number of anilines is 3. The standard InChI is InChI=1S/C18H19N5O2/c1-10-5-6-14(11(2)7-10)20-17(24)15-8-12(3)19-18(21-15)22-16-9-13(4)25-23-16/h5-9H,1-4H3,(H,20,24)(H,19,21,22,23). The Morgan fingerprint density at radius 1 is 1.04 bits per heavy atom. The third-order valence-electron chi connectivity index (χ3n) is 3.58. The van der Waals surface area contributed by atoms with Crippen molar-refractivity contribution >= 4 is 23.4 Å². The first kappa shape index (κ1) is 16.6. The lowest BCUT2D eigenvalue weighted by Crippen LogP contribution is -2.16. The van der Waals surface area contributed by atoms with Crippen LogP contribution in [0.15, 0.2) is 34.9 Å². The number of nitrogens with one attached hydrogen (secondary N) is 2. The van der Waals surface area contributed by atoms with E-state index in [1.807, 2.05) is 32.0 Å². The Morgan fingerprint density at radius 2 is 1.84 bits per heavy atom. The lowest BCUT2D eigenvalue weighted by atomic mass is 10.1. The molecule has 0 fully saturated rings. The van der Waals surface area contributed by atoms with Crippen LogP contribution in [0.2, 0.25) is 0 Å². The normalized spacial score (nSPS) is 10.6. The molecule has 7 heteroatoms. The molecule has 3 rings (SSSR count). The Hall–Kier alpha value is -3.22. The van der Waals surface area contributed by atoms with Crippen molar-refractivity contribution in [2.75, 3.05) is 10.6 Å². The molecule has 0 atom stereocenters. The van der Waals surface area contributed by atoms with E-state index in [9.17, 15) is 4.79 Å². The van der Waals surface area contributed by atoms with Crippen LogP contribution >= 0.6 is 0 Å². The fraction of sp³-hybridized carbons (Fsp3) is 0.222. The second kappa shape index (κ2) is 6.72. The van der Waals surface area contributed by atoms with E-state index in [1.165, 1.54) is 0 Å². The van der Waals surface area contributed by atoms with E-state index < -0.39 is 0 Å². The lowest BCUT2D eigenvalue weighted by Gasteiger charge is -2.10. The molecule has 0 aliphatic rings. The molecule has 7 nitrogen and oxygen atoms in total. The molecular weight excluding hydrogens is 318 g/mol. The van der Waals surface area contributed by atoms with Crippen LogP contribution in [0, 0.1) is 27.7 Å². The summed E-state index contributed by atoms with van der Waals surface area (Å²) < 4.78 is 5.00. The highest BCUT2D eigenvalue weighted by Gasteiger charge is 2.13. The van der Waals surface area contributed by atoms with E-state index in [0.29, 0.717) is 23.2 Å². The van der Waals surface area contributed by atoms with E-state index in [2.05, 4.69) is 25.8 Å². The van der Waals surface area contributed by atoms with Crippen LogP contribution < -0.4 is 10.6 Å². The molecule has 0 unspecified atom stereocenters. The Morgan fingerprint density at radius 3 is 2.52 bits per heavy atom. The first-order valence-corrected chi connectivity index (χ1v) is 7.85. The van der Waals surface area contributed by atoms with Crippen molar-refractivity contribution in [2.24, 2.45) is 0 Å². The molecule has 0 spiro atoms. The number of hydrogen-bond acceptors (Lipinski definition) is 6. The maximum atomic E-state index is 12.5. The molecule has 0 radical (unpaired) electrons. The van der Waals surface area contributed by atoms with E-state index >= 15 is 0 Å². The molecule has 3 aromatic rings. The van der Waals surface area contributed by atoms with Crippen molar-refractivity contribution in [1.29, 1.82) is 0 Å². The number of amides is 1. The summed E-state index contributed by atoms with van der Waals surface area (Å²) in [7, 11) is 0. The zero-order valence-corrected chi connectivity index (χ0v) is 14.5. The zero-order valence-electron chi connectivity index (χ0n) is 14.5. The van der Waals surface area contributed by atoms with Crippen LogP contribution in [0.3, 0.4) is 0 Å². The first-order chi connectivity index (χ1) is 11.9. The number of aryl methyl sites for hydroxylation is 4. The molecule has 0 saturated heterocycles. The smallest absolute Gasteiger partial charge is 0.274 e. The van der Waals surface area contributed by atoms with Crippen molar-refractivity contribution in [3.8, 4) is 0 Å². The summed E-state index contributed by atoms with van der Waals surface area (Å²) in [6.45, 7) is 7.55. The summed E-state index contributed by atoms with van der Waals surface area (Å²) in [5, 5.41) is 9.66. The summed E-state index contributed by atoms with van der Waals surface area (Å²) in [6.07, 6.45) is 0. The van der Waals surface area contributed by atoms with Gasteiger partial charge in [0.15, 0.2) is 5.82 Å². The van der Waals surface area contributed by atoms with Gasteiger partial charge in [-0.15, -0.1) is 0 Å². The predicted octanol–water partition coefficient (Wildman–Crippen LogP) is 3.69. The van der Waals surface area contributed by atoms with Crippen LogP contribution in [0.1, 0.15) is 33.1 Å². The SMILES string of the molecule is Cc1ccc(NC(=O)c2cc(C)nc(Nc3cc(C)on3)n2)c(C)c1. The molecule has 2 aromatic heterocycles. The topological polar surface area (TPSA) is 92.9 Å². The molecule has 0 aliphatic carbocycles. The molecule has 0 aliphatic heterocycles. The third kappa shape index (κ3) is 4.00. The highest BCUT2D eigenvalue weighted by atomic mass is 16.5. The van der Waals surface area contributed by atoms with Crippen LogP contribution in [0.25, 0.3) is 0 Å². The summed E-state index contributed by atoms with van der Waals surface area (Å²) in [6, 6.07) is 9.21. The van der Waals surface area contributed by atoms with E-state index in [4.69, 9.17) is 4.52 Å². The molecule has 0 bridgehead atoms. The molecule has 25 heavy (non-hydrogen) atoms. The van der Waals surface area contributed by atoms with Gasteiger partial charge in [-0.05, 0) is 45.4 Å². The van der Waals surface area contributed by atoms with Gasteiger partial charge in [0, 0.05) is 17.4 Å². The molecule has 0 saturated carbocycles. The molecular formula is C18H19N5O2. The van der Waals surface area contributed by atoms with Crippen molar-refractivity contribution in [3.63, 3.8) is 0 Å². The van der Waals surface area contributed by atoms with Crippen LogP contribution in [0.4, 0.5) is 17.5 Å². The predicted molar refractivity (Wildman–Crippen MR) is 95.2 cm³/mol. The maximum Gasteiger partial charge on any atom is 0.274 e. The Kier molecular flexibility index (Phi) is 4.47. The second-order valence-corrected chi connectivity index (χ2v) is 5.94. The van der Waals surface area contributed by atoms with Gasteiger partial charge in [0.05, 0.1) is 0 Å². The number of aromatic nitrogens is 3. The molecule has 1 aromatic carbocycles. The molecule has 128 valence electrons.